The van der Waals surface area contributed by atoms with Gasteiger partial charge in [-0.3, -0.25) is 4.99 Å². The molecule has 0 saturated carbocycles. The van der Waals surface area contributed by atoms with Gasteiger partial charge in [0.25, 0.3) is 0 Å². The lowest BCUT2D eigenvalue weighted by atomic mass is 10.3. The molecule has 7 heteroatoms. The summed E-state index contributed by atoms with van der Waals surface area (Å²) in [6.07, 6.45) is 4.99. The molecular formula is C10H15N5O2. The molecule has 7 nitrogen and oxygen atoms in total. The summed E-state index contributed by atoms with van der Waals surface area (Å²) in [4.78, 5) is 20.2. The van der Waals surface area contributed by atoms with Gasteiger partial charge in [-0.25, -0.2) is 9.78 Å². The summed E-state index contributed by atoms with van der Waals surface area (Å²) in [7, 11) is 0. The van der Waals surface area contributed by atoms with Gasteiger partial charge in [-0.2, -0.15) is 4.68 Å². The molecule has 2 aliphatic rings. The molecule has 0 spiro atoms. The lowest BCUT2D eigenvalue weighted by Crippen LogP contribution is -2.29. The Balaban J connectivity index is 0.000000128. The van der Waals surface area contributed by atoms with E-state index in [4.69, 9.17) is 5.11 Å². The molecule has 1 fully saturated rings. The van der Waals surface area contributed by atoms with Crippen LogP contribution in [0.5, 0.6) is 0 Å². The molecule has 3 rings (SSSR count). The Labute approximate surface area is 98.8 Å². The van der Waals surface area contributed by atoms with Crippen molar-refractivity contribution < 1.29 is 9.90 Å². The molecule has 17 heavy (non-hydrogen) atoms. The van der Waals surface area contributed by atoms with Gasteiger partial charge in [0.2, 0.25) is 0 Å². The molecular weight excluding hydrogens is 222 g/mol. The molecule has 3 heterocycles. The van der Waals surface area contributed by atoms with Gasteiger partial charge in [-0.1, -0.05) is 0 Å². The van der Waals surface area contributed by atoms with Gasteiger partial charge in [0.15, 0.2) is 0 Å². The van der Waals surface area contributed by atoms with Crippen molar-refractivity contribution in [2.45, 2.75) is 19.3 Å². The first kappa shape index (κ1) is 11.6. The summed E-state index contributed by atoms with van der Waals surface area (Å²) < 4.78 is 0.722. The normalized spacial score (nSPS) is 17.9. The van der Waals surface area contributed by atoms with Crippen molar-refractivity contribution >= 4 is 11.9 Å². The van der Waals surface area contributed by atoms with E-state index in [0.29, 0.717) is 0 Å². The van der Waals surface area contributed by atoms with Crippen LogP contribution in [0, 0.1) is 0 Å². The molecule has 1 aromatic heterocycles. The molecule has 2 aliphatic heterocycles. The molecule has 0 aliphatic carbocycles. The van der Waals surface area contributed by atoms with Crippen molar-refractivity contribution in [2.75, 3.05) is 19.6 Å². The maximum atomic E-state index is 9.92. The molecule has 0 atom stereocenters. The number of aliphatic imine (C=N–C) groups is 1. The average Bonchev–Trinajstić information content (AvgIpc) is 3.01. The zero-order chi connectivity index (χ0) is 12.1. The first-order valence-electron chi connectivity index (χ1n) is 5.63. The molecule has 92 valence electrons. The van der Waals surface area contributed by atoms with Gasteiger partial charge in [0.05, 0.1) is 5.84 Å². The van der Waals surface area contributed by atoms with E-state index in [-0.39, 0.29) is 0 Å². The summed E-state index contributed by atoms with van der Waals surface area (Å²) >= 11 is 0. The summed E-state index contributed by atoms with van der Waals surface area (Å²) in [6, 6.07) is 0. The predicted molar refractivity (Wildman–Crippen MR) is 61.2 cm³/mol. The third-order valence-electron chi connectivity index (χ3n) is 2.69. The van der Waals surface area contributed by atoms with Gasteiger partial charge in [-0.15, -0.1) is 5.10 Å². The Hall–Kier alpha value is -1.92. The van der Waals surface area contributed by atoms with E-state index < -0.39 is 6.09 Å². The van der Waals surface area contributed by atoms with Crippen LogP contribution < -0.4 is 0 Å². The van der Waals surface area contributed by atoms with E-state index in [1.807, 2.05) is 0 Å². The SMILES string of the molecule is C1CN=C2CCCN2C1.O=C(O)n1cncn1. The number of hydrogen-bond acceptors (Lipinski definition) is 5. The molecule has 1 aromatic rings. The number of aromatic nitrogens is 3. The Morgan fingerprint density at radius 2 is 2.18 bits per heavy atom. The van der Waals surface area contributed by atoms with Crippen LogP contribution in [0.25, 0.3) is 0 Å². The largest absolute Gasteiger partial charge is 0.463 e. The van der Waals surface area contributed by atoms with Gasteiger partial charge < -0.3 is 10.0 Å². The summed E-state index contributed by atoms with van der Waals surface area (Å²) in [5.41, 5.74) is 0. The van der Waals surface area contributed by atoms with Crippen LogP contribution in [0.1, 0.15) is 19.3 Å². The second-order valence-corrected chi connectivity index (χ2v) is 3.86. The van der Waals surface area contributed by atoms with E-state index in [2.05, 4.69) is 20.0 Å². The quantitative estimate of drug-likeness (QED) is 0.717. The highest BCUT2D eigenvalue weighted by molar-refractivity contribution is 5.84. The fraction of sp³-hybridized carbons (Fsp3) is 0.600. The van der Waals surface area contributed by atoms with Gasteiger partial charge in [-0.05, 0) is 12.8 Å². The summed E-state index contributed by atoms with van der Waals surface area (Å²) in [6.45, 7) is 3.60. The third-order valence-corrected chi connectivity index (χ3v) is 2.69. The molecule has 1 N–H and O–H groups in total. The fourth-order valence-corrected chi connectivity index (χ4v) is 1.91. The van der Waals surface area contributed by atoms with Gasteiger partial charge in [0.1, 0.15) is 12.7 Å². The standard InChI is InChI=1S/C7H12N2.C3H3N3O2/c1-3-7-8-4-2-6-9(7)5-1;7-3(8)6-2-4-1-5-6/h1-6H2;1-2H,(H,7,8). The van der Waals surface area contributed by atoms with E-state index in [0.717, 1.165) is 23.9 Å². The predicted octanol–water partition coefficient (Wildman–Crippen LogP) is 0.689. The maximum absolute atomic E-state index is 9.92. The monoisotopic (exact) mass is 237 g/mol. The zero-order valence-corrected chi connectivity index (χ0v) is 9.49. The molecule has 1 saturated heterocycles. The number of amidine groups is 1. The van der Waals surface area contributed by atoms with E-state index in [9.17, 15) is 4.79 Å². The first-order chi connectivity index (χ1) is 8.27. The van der Waals surface area contributed by atoms with Crippen molar-refractivity contribution in [3.63, 3.8) is 0 Å². The molecule has 0 amide bonds. The highest BCUT2D eigenvalue weighted by Crippen LogP contribution is 2.14. The highest BCUT2D eigenvalue weighted by atomic mass is 16.4. The average molecular weight is 237 g/mol. The second kappa shape index (κ2) is 5.42. The van der Waals surface area contributed by atoms with Crippen LogP contribution in [-0.4, -0.2) is 56.3 Å². The van der Waals surface area contributed by atoms with E-state index in [1.165, 1.54) is 38.2 Å². The molecule has 0 bridgehead atoms. The third kappa shape index (κ3) is 3.02. The Morgan fingerprint density at radius 3 is 2.76 bits per heavy atom. The van der Waals surface area contributed by atoms with Crippen LogP contribution >= 0.6 is 0 Å². The minimum Gasteiger partial charge on any atom is -0.463 e. The molecule has 0 unspecified atom stereocenters. The molecule has 0 radical (unpaired) electrons. The van der Waals surface area contributed by atoms with Crippen LogP contribution in [-0.2, 0) is 0 Å². The van der Waals surface area contributed by atoms with Crippen LogP contribution in [0.2, 0.25) is 0 Å². The van der Waals surface area contributed by atoms with E-state index >= 15 is 0 Å². The number of hydrogen-bond donors (Lipinski definition) is 1. The van der Waals surface area contributed by atoms with E-state index in [1.54, 1.807) is 0 Å². The Bertz CT molecular complexity index is 401. The Morgan fingerprint density at radius 1 is 1.35 bits per heavy atom. The van der Waals surface area contributed by atoms with Crippen molar-refractivity contribution in [3.05, 3.63) is 12.7 Å². The number of carbonyl (C=O) groups is 1. The summed E-state index contributed by atoms with van der Waals surface area (Å²) in [5.74, 6) is 1.38. The summed E-state index contributed by atoms with van der Waals surface area (Å²) in [5, 5.41) is 11.5. The smallest absolute Gasteiger partial charge is 0.433 e. The highest BCUT2D eigenvalue weighted by Gasteiger charge is 2.19. The fourth-order valence-electron chi connectivity index (χ4n) is 1.91. The minimum absolute atomic E-state index is 0.722. The van der Waals surface area contributed by atoms with Gasteiger partial charge >= 0.3 is 6.09 Å². The van der Waals surface area contributed by atoms with Crippen LogP contribution in [0.3, 0.4) is 0 Å². The van der Waals surface area contributed by atoms with Gasteiger partial charge in [0, 0.05) is 26.1 Å². The minimum atomic E-state index is -1.12. The number of rotatable bonds is 0. The first-order valence-corrected chi connectivity index (χ1v) is 5.63. The Kier molecular flexibility index (Phi) is 3.69. The van der Waals surface area contributed by atoms with Crippen molar-refractivity contribution in [1.29, 1.82) is 0 Å². The van der Waals surface area contributed by atoms with Crippen molar-refractivity contribution in [2.24, 2.45) is 4.99 Å². The zero-order valence-electron chi connectivity index (χ0n) is 9.49. The topological polar surface area (TPSA) is 83.6 Å². The number of carboxylic acid groups (broad SMARTS) is 1. The lowest BCUT2D eigenvalue weighted by molar-refractivity contribution is 0.192. The molecule has 0 aromatic carbocycles. The maximum Gasteiger partial charge on any atom is 0.433 e. The van der Waals surface area contributed by atoms with Crippen molar-refractivity contribution in [1.82, 2.24) is 19.7 Å². The number of fused-ring (bicyclic) bond motifs is 1. The lowest BCUT2D eigenvalue weighted by Gasteiger charge is -2.21. The second-order valence-electron chi connectivity index (χ2n) is 3.86. The van der Waals surface area contributed by atoms with Crippen molar-refractivity contribution in [3.8, 4) is 0 Å². The van der Waals surface area contributed by atoms with Crippen LogP contribution in [0.4, 0.5) is 4.79 Å². The van der Waals surface area contributed by atoms with Crippen LogP contribution in [0.15, 0.2) is 17.6 Å². The number of nitrogens with zero attached hydrogens (tertiary/aromatic N) is 5.